The van der Waals surface area contributed by atoms with Gasteiger partial charge in [0.05, 0.1) is 12.8 Å². The van der Waals surface area contributed by atoms with Gasteiger partial charge in [0.1, 0.15) is 11.3 Å². The number of amides is 4. The van der Waals surface area contributed by atoms with E-state index in [1.54, 1.807) is 43.5 Å². The fourth-order valence-electron chi connectivity index (χ4n) is 2.84. The summed E-state index contributed by atoms with van der Waals surface area (Å²) in [5.41, 5.74) is 2.81. The molecule has 1 saturated heterocycles. The van der Waals surface area contributed by atoms with E-state index in [0.29, 0.717) is 17.0 Å². The van der Waals surface area contributed by atoms with E-state index in [0.717, 1.165) is 16.0 Å². The number of aryl methyl sites for hydroxylation is 2. The highest BCUT2D eigenvalue weighted by Gasteiger charge is 2.36. The van der Waals surface area contributed by atoms with Crippen molar-refractivity contribution in [2.45, 2.75) is 13.8 Å². The first kappa shape index (κ1) is 17.4. The summed E-state index contributed by atoms with van der Waals surface area (Å²) in [6.07, 6.45) is 1.46. The smallest absolute Gasteiger partial charge is 0.335 e. The van der Waals surface area contributed by atoms with Gasteiger partial charge in [-0.1, -0.05) is 18.2 Å². The molecule has 0 spiro atoms. The molecule has 6 nitrogen and oxygen atoms in total. The molecule has 1 heterocycles. The van der Waals surface area contributed by atoms with Crippen LogP contribution in [0.4, 0.5) is 10.5 Å². The highest BCUT2D eigenvalue weighted by atomic mass is 16.5. The summed E-state index contributed by atoms with van der Waals surface area (Å²) in [6.45, 7) is 3.75. The Bertz CT molecular complexity index is 909. The number of nitrogens with zero attached hydrogens (tertiary/aromatic N) is 1. The van der Waals surface area contributed by atoms with Crippen LogP contribution < -0.4 is 15.0 Å². The summed E-state index contributed by atoms with van der Waals surface area (Å²) >= 11 is 0. The van der Waals surface area contributed by atoms with Gasteiger partial charge in [-0.15, -0.1) is 0 Å². The number of nitrogens with one attached hydrogen (secondary N) is 1. The van der Waals surface area contributed by atoms with Gasteiger partial charge in [-0.25, -0.2) is 9.69 Å². The molecule has 0 unspecified atom stereocenters. The molecule has 1 N–H and O–H groups in total. The number of ether oxygens (including phenoxy) is 1. The molecule has 0 saturated carbocycles. The largest absolute Gasteiger partial charge is 0.497 e. The number of carbonyl (C=O) groups excluding carboxylic acids is 3. The Morgan fingerprint density at radius 1 is 0.962 bits per heavy atom. The number of hydrogen-bond donors (Lipinski definition) is 1. The SMILES string of the molecule is COc1ccc(/C=C2\C(=O)NC(=O)N(c3cc(C)cc(C)c3)C2=O)cc1. The Hall–Kier alpha value is -3.41. The van der Waals surface area contributed by atoms with Crippen LogP contribution in [0, 0.1) is 13.8 Å². The second-order valence-electron chi connectivity index (χ2n) is 6.08. The molecular weight excluding hydrogens is 332 g/mol. The zero-order valence-corrected chi connectivity index (χ0v) is 14.7. The summed E-state index contributed by atoms with van der Waals surface area (Å²) < 4.78 is 5.09. The van der Waals surface area contributed by atoms with Gasteiger partial charge >= 0.3 is 6.03 Å². The van der Waals surface area contributed by atoms with Crippen LogP contribution in [0.25, 0.3) is 6.08 Å². The summed E-state index contributed by atoms with van der Waals surface area (Å²) in [4.78, 5) is 38.3. The average molecular weight is 350 g/mol. The molecule has 1 aliphatic rings. The van der Waals surface area contributed by atoms with Crippen LogP contribution in [-0.2, 0) is 9.59 Å². The molecule has 0 aliphatic carbocycles. The zero-order chi connectivity index (χ0) is 18.8. The number of anilines is 1. The molecule has 2 aromatic rings. The minimum Gasteiger partial charge on any atom is -0.497 e. The van der Waals surface area contributed by atoms with Crippen molar-refractivity contribution >= 4 is 29.6 Å². The number of urea groups is 1. The topological polar surface area (TPSA) is 75.7 Å². The molecule has 3 rings (SSSR count). The molecule has 2 aromatic carbocycles. The van der Waals surface area contributed by atoms with E-state index in [2.05, 4.69) is 5.32 Å². The summed E-state index contributed by atoms with van der Waals surface area (Å²) in [5, 5.41) is 2.22. The Morgan fingerprint density at radius 2 is 1.58 bits per heavy atom. The molecule has 0 atom stereocenters. The van der Waals surface area contributed by atoms with Gasteiger partial charge in [-0.2, -0.15) is 0 Å². The number of hydrogen-bond acceptors (Lipinski definition) is 4. The lowest BCUT2D eigenvalue weighted by Crippen LogP contribution is -2.54. The highest BCUT2D eigenvalue weighted by Crippen LogP contribution is 2.24. The number of carbonyl (C=O) groups is 3. The molecule has 26 heavy (non-hydrogen) atoms. The standard InChI is InChI=1S/C20H18N2O4/c1-12-8-13(2)10-15(9-12)22-19(24)17(18(23)21-20(22)25)11-14-4-6-16(26-3)7-5-14/h4-11H,1-3H3,(H,21,23,25)/b17-11+. The molecular formula is C20H18N2O4. The highest BCUT2D eigenvalue weighted by molar-refractivity contribution is 6.39. The third-order valence-electron chi connectivity index (χ3n) is 3.99. The summed E-state index contributed by atoms with van der Waals surface area (Å²) in [7, 11) is 1.55. The Balaban J connectivity index is 2.00. The lowest BCUT2D eigenvalue weighted by Gasteiger charge is -2.27. The second-order valence-corrected chi connectivity index (χ2v) is 6.08. The zero-order valence-electron chi connectivity index (χ0n) is 14.7. The van der Waals surface area contributed by atoms with E-state index in [1.807, 2.05) is 19.9 Å². The van der Waals surface area contributed by atoms with E-state index in [4.69, 9.17) is 4.74 Å². The van der Waals surface area contributed by atoms with Gasteiger partial charge in [0.25, 0.3) is 11.8 Å². The molecule has 0 aromatic heterocycles. The van der Waals surface area contributed by atoms with E-state index >= 15 is 0 Å². The number of imide groups is 2. The first-order chi connectivity index (χ1) is 12.4. The van der Waals surface area contributed by atoms with Gasteiger partial charge in [0, 0.05) is 0 Å². The number of rotatable bonds is 3. The lowest BCUT2D eigenvalue weighted by atomic mass is 10.1. The van der Waals surface area contributed by atoms with E-state index in [9.17, 15) is 14.4 Å². The van der Waals surface area contributed by atoms with Crippen LogP contribution in [0.2, 0.25) is 0 Å². The summed E-state index contributed by atoms with van der Waals surface area (Å²) in [6, 6.07) is 11.5. The third-order valence-corrected chi connectivity index (χ3v) is 3.99. The predicted octanol–water partition coefficient (Wildman–Crippen LogP) is 2.98. The van der Waals surface area contributed by atoms with Crippen LogP contribution in [0.15, 0.2) is 48.0 Å². The van der Waals surface area contributed by atoms with Gasteiger partial charge in [0.15, 0.2) is 0 Å². The van der Waals surface area contributed by atoms with E-state index in [-0.39, 0.29) is 5.57 Å². The van der Waals surface area contributed by atoms with Crippen molar-refractivity contribution in [1.29, 1.82) is 0 Å². The molecule has 6 heteroatoms. The normalized spacial score (nSPS) is 16.0. The van der Waals surface area contributed by atoms with Crippen molar-refractivity contribution in [3.8, 4) is 5.75 Å². The van der Waals surface area contributed by atoms with Crippen LogP contribution in [0.5, 0.6) is 5.75 Å². The quantitative estimate of drug-likeness (QED) is 0.682. The summed E-state index contributed by atoms with van der Waals surface area (Å²) in [5.74, 6) is -0.699. The Kier molecular flexibility index (Phi) is 4.58. The van der Waals surface area contributed by atoms with Crippen LogP contribution in [0.1, 0.15) is 16.7 Å². The predicted molar refractivity (Wildman–Crippen MR) is 97.9 cm³/mol. The maximum Gasteiger partial charge on any atom is 0.335 e. The van der Waals surface area contributed by atoms with Gasteiger partial charge in [0.2, 0.25) is 0 Å². The Labute approximate surface area is 151 Å². The number of benzene rings is 2. The lowest BCUT2D eigenvalue weighted by molar-refractivity contribution is -0.122. The van der Waals surface area contributed by atoms with E-state index < -0.39 is 17.8 Å². The average Bonchev–Trinajstić information content (AvgIpc) is 2.58. The fourth-order valence-corrected chi connectivity index (χ4v) is 2.84. The van der Waals surface area contributed by atoms with E-state index in [1.165, 1.54) is 6.08 Å². The number of barbiturate groups is 1. The van der Waals surface area contributed by atoms with Crippen molar-refractivity contribution in [3.05, 3.63) is 64.7 Å². The minimum atomic E-state index is -0.753. The minimum absolute atomic E-state index is 0.103. The van der Waals surface area contributed by atoms with Crippen LogP contribution >= 0.6 is 0 Å². The van der Waals surface area contributed by atoms with Crippen molar-refractivity contribution in [2.24, 2.45) is 0 Å². The first-order valence-corrected chi connectivity index (χ1v) is 8.03. The third kappa shape index (κ3) is 3.35. The molecule has 0 radical (unpaired) electrons. The van der Waals surface area contributed by atoms with Crippen LogP contribution in [-0.4, -0.2) is 25.0 Å². The molecule has 4 amide bonds. The molecule has 132 valence electrons. The van der Waals surface area contributed by atoms with Crippen molar-refractivity contribution in [3.63, 3.8) is 0 Å². The van der Waals surface area contributed by atoms with Crippen molar-refractivity contribution in [1.82, 2.24) is 5.32 Å². The molecule has 1 aliphatic heterocycles. The van der Waals surface area contributed by atoms with Gasteiger partial charge in [-0.05, 0) is 60.9 Å². The van der Waals surface area contributed by atoms with Crippen molar-refractivity contribution < 1.29 is 19.1 Å². The molecule has 1 fully saturated rings. The van der Waals surface area contributed by atoms with Crippen molar-refractivity contribution in [2.75, 3.05) is 12.0 Å². The fraction of sp³-hybridized carbons (Fsp3) is 0.150. The Morgan fingerprint density at radius 3 is 2.15 bits per heavy atom. The number of methoxy groups -OCH3 is 1. The molecule has 0 bridgehead atoms. The maximum absolute atomic E-state index is 12.8. The van der Waals surface area contributed by atoms with Gasteiger partial charge in [-0.3, -0.25) is 14.9 Å². The van der Waals surface area contributed by atoms with Crippen LogP contribution in [0.3, 0.4) is 0 Å². The monoisotopic (exact) mass is 350 g/mol. The van der Waals surface area contributed by atoms with Gasteiger partial charge < -0.3 is 4.74 Å². The second kappa shape index (κ2) is 6.84. The first-order valence-electron chi connectivity index (χ1n) is 8.03. The maximum atomic E-state index is 12.8.